The minimum atomic E-state index is 0.872. The van der Waals surface area contributed by atoms with Gasteiger partial charge in [-0.2, -0.15) is 0 Å². The second-order valence-corrected chi connectivity index (χ2v) is 3.94. The summed E-state index contributed by atoms with van der Waals surface area (Å²) in [4.78, 5) is 0. The van der Waals surface area contributed by atoms with Crippen LogP contribution in [0, 0.1) is 0 Å². The van der Waals surface area contributed by atoms with Gasteiger partial charge >= 0.3 is 0 Å². The maximum atomic E-state index is 5.27. The van der Waals surface area contributed by atoms with Gasteiger partial charge in [0.25, 0.3) is 0 Å². The van der Waals surface area contributed by atoms with E-state index in [0.29, 0.717) is 0 Å². The summed E-state index contributed by atoms with van der Waals surface area (Å²) >= 11 is 0. The molecule has 0 radical (unpaired) electrons. The fraction of sp³-hybridized carbons (Fsp3) is 0.125. The molecule has 86 valence electrons. The highest BCUT2D eigenvalue weighted by Gasteiger charge is 2.02. The summed E-state index contributed by atoms with van der Waals surface area (Å²) in [5.74, 6) is 0.872. The standard InChI is InChI=1S/C16H16O/c1-3-15-12-14(9-10-16(15)17-2)11-13-7-5-4-6-8-13/h3-10,12H,1,11H2,2H3. The van der Waals surface area contributed by atoms with E-state index in [-0.39, 0.29) is 0 Å². The van der Waals surface area contributed by atoms with E-state index >= 15 is 0 Å². The molecule has 2 aromatic rings. The molecule has 0 N–H and O–H groups in total. The van der Waals surface area contributed by atoms with E-state index in [1.54, 1.807) is 7.11 Å². The Morgan fingerprint density at radius 2 is 1.82 bits per heavy atom. The molecule has 0 atom stereocenters. The Labute approximate surface area is 102 Å². The molecule has 17 heavy (non-hydrogen) atoms. The number of methoxy groups -OCH3 is 1. The molecule has 0 spiro atoms. The summed E-state index contributed by atoms with van der Waals surface area (Å²) in [6, 6.07) is 16.6. The van der Waals surface area contributed by atoms with Crippen molar-refractivity contribution in [3.8, 4) is 5.75 Å². The third-order valence-electron chi connectivity index (χ3n) is 2.77. The minimum absolute atomic E-state index is 0.872. The number of benzene rings is 2. The van der Waals surface area contributed by atoms with Crippen molar-refractivity contribution in [2.45, 2.75) is 6.42 Å². The van der Waals surface area contributed by atoms with Gasteiger partial charge in [0, 0.05) is 5.56 Å². The molecule has 0 amide bonds. The lowest BCUT2D eigenvalue weighted by Gasteiger charge is -2.08. The molecule has 2 aromatic carbocycles. The minimum Gasteiger partial charge on any atom is -0.496 e. The molecule has 2 rings (SSSR count). The summed E-state index contributed by atoms with van der Waals surface area (Å²) < 4.78 is 5.27. The van der Waals surface area contributed by atoms with E-state index in [9.17, 15) is 0 Å². The van der Waals surface area contributed by atoms with Crippen molar-refractivity contribution in [1.82, 2.24) is 0 Å². The topological polar surface area (TPSA) is 9.23 Å². The number of hydrogen-bond acceptors (Lipinski definition) is 1. The lowest BCUT2D eigenvalue weighted by Crippen LogP contribution is -1.91. The number of hydrogen-bond donors (Lipinski definition) is 0. The Morgan fingerprint density at radius 3 is 2.47 bits per heavy atom. The van der Waals surface area contributed by atoms with Gasteiger partial charge in [-0.05, 0) is 29.7 Å². The van der Waals surface area contributed by atoms with Gasteiger partial charge in [-0.25, -0.2) is 0 Å². The first kappa shape index (κ1) is 11.5. The van der Waals surface area contributed by atoms with E-state index < -0.39 is 0 Å². The molecular formula is C16H16O. The maximum Gasteiger partial charge on any atom is 0.126 e. The van der Waals surface area contributed by atoms with Gasteiger partial charge in [0.05, 0.1) is 7.11 Å². The Morgan fingerprint density at radius 1 is 1.06 bits per heavy atom. The van der Waals surface area contributed by atoms with Crippen LogP contribution in [0.2, 0.25) is 0 Å². The van der Waals surface area contributed by atoms with Gasteiger partial charge in [-0.15, -0.1) is 0 Å². The fourth-order valence-corrected chi connectivity index (χ4v) is 1.88. The SMILES string of the molecule is C=Cc1cc(Cc2ccccc2)ccc1OC. The van der Waals surface area contributed by atoms with Crippen LogP contribution in [-0.2, 0) is 6.42 Å². The lowest BCUT2D eigenvalue weighted by atomic mass is 10.0. The quantitative estimate of drug-likeness (QED) is 0.764. The zero-order valence-corrected chi connectivity index (χ0v) is 10.0. The molecule has 0 fully saturated rings. The predicted octanol–water partition coefficient (Wildman–Crippen LogP) is 3.93. The Kier molecular flexibility index (Phi) is 3.61. The van der Waals surface area contributed by atoms with Crippen LogP contribution in [-0.4, -0.2) is 7.11 Å². The molecule has 0 saturated carbocycles. The van der Waals surface area contributed by atoms with Crippen LogP contribution in [0.15, 0.2) is 55.1 Å². The molecule has 0 bridgehead atoms. The average Bonchev–Trinajstić information content (AvgIpc) is 2.40. The summed E-state index contributed by atoms with van der Waals surface area (Å²) in [6.07, 6.45) is 2.76. The molecule has 0 saturated heterocycles. The molecular weight excluding hydrogens is 208 g/mol. The zero-order valence-electron chi connectivity index (χ0n) is 10.0. The van der Waals surface area contributed by atoms with Crippen molar-refractivity contribution >= 4 is 6.08 Å². The molecule has 1 nitrogen and oxygen atoms in total. The van der Waals surface area contributed by atoms with Crippen molar-refractivity contribution in [2.24, 2.45) is 0 Å². The van der Waals surface area contributed by atoms with E-state index in [4.69, 9.17) is 4.74 Å². The number of rotatable bonds is 4. The van der Waals surface area contributed by atoms with Crippen molar-refractivity contribution in [2.75, 3.05) is 7.11 Å². The van der Waals surface area contributed by atoms with Crippen LogP contribution in [0.1, 0.15) is 16.7 Å². The van der Waals surface area contributed by atoms with E-state index in [2.05, 4.69) is 43.0 Å². The average molecular weight is 224 g/mol. The van der Waals surface area contributed by atoms with Crippen LogP contribution < -0.4 is 4.74 Å². The number of ether oxygens (including phenoxy) is 1. The third kappa shape index (κ3) is 2.76. The van der Waals surface area contributed by atoms with Crippen LogP contribution in [0.3, 0.4) is 0 Å². The van der Waals surface area contributed by atoms with Gasteiger partial charge in [0.15, 0.2) is 0 Å². The largest absolute Gasteiger partial charge is 0.496 e. The van der Waals surface area contributed by atoms with E-state index in [0.717, 1.165) is 17.7 Å². The first-order chi connectivity index (χ1) is 8.33. The van der Waals surface area contributed by atoms with Crippen LogP contribution in [0.5, 0.6) is 5.75 Å². The summed E-state index contributed by atoms with van der Waals surface area (Å²) in [5, 5.41) is 0. The van der Waals surface area contributed by atoms with Crippen LogP contribution >= 0.6 is 0 Å². The highest BCUT2D eigenvalue weighted by molar-refractivity contribution is 5.57. The summed E-state index contributed by atoms with van der Waals surface area (Å²) in [5.41, 5.74) is 3.63. The molecule has 0 unspecified atom stereocenters. The zero-order chi connectivity index (χ0) is 12.1. The Balaban J connectivity index is 2.25. The van der Waals surface area contributed by atoms with Gasteiger partial charge in [-0.3, -0.25) is 0 Å². The van der Waals surface area contributed by atoms with Crippen LogP contribution in [0.25, 0.3) is 6.08 Å². The lowest BCUT2D eigenvalue weighted by molar-refractivity contribution is 0.413. The molecule has 0 aliphatic carbocycles. The second-order valence-electron chi connectivity index (χ2n) is 3.94. The van der Waals surface area contributed by atoms with E-state index in [1.165, 1.54) is 11.1 Å². The molecule has 0 aliphatic heterocycles. The maximum absolute atomic E-state index is 5.27. The smallest absolute Gasteiger partial charge is 0.126 e. The summed E-state index contributed by atoms with van der Waals surface area (Å²) in [6.45, 7) is 3.81. The molecule has 0 aromatic heterocycles. The predicted molar refractivity (Wildman–Crippen MR) is 72.3 cm³/mol. The summed E-state index contributed by atoms with van der Waals surface area (Å²) in [7, 11) is 1.68. The monoisotopic (exact) mass is 224 g/mol. The van der Waals surface area contributed by atoms with E-state index in [1.807, 2.05) is 18.2 Å². The molecule has 0 heterocycles. The van der Waals surface area contributed by atoms with Crippen molar-refractivity contribution < 1.29 is 4.74 Å². The fourth-order valence-electron chi connectivity index (χ4n) is 1.88. The Hall–Kier alpha value is -2.02. The first-order valence-electron chi connectivity index (χ1n) is 5.67. The molecule has 1 heteroatoms. The molecule has 0 aliphatic rings. The second kappa shape index (κ2) is 5.35. The third-order valence-corrected chi connectivity index (χ3v) is 2.77. The van der Waals surface area contributed by atoms with Crippen molar-refractivity contribution in [3.63, 3.8) is 0 Å². The van der Waals surface area contributed by atoms with Gasteiger partial charge < -0.3 is 4.74 Å². The van der Waals surface area contributed by atoms with Crippen molar-refractivity contribution in [3.05, 3.63) is 71.8 Å². The normalized spacial score (nSPS) is 9.94. The first-order valence-corrected chi connectivity index (χ1v) is 5.67. The van der Waals surface area contributed by atoms with Crippen molar-refractivity contribution in [1.29, 1.82) is 0 Å². The van der Waals surface area contributed by atoms with Gasteiger partial charge in [0.2, 0.25) is 0 Å². The highest BCUT2D eigenvalue weighted by Crippen LogP contribution is 2.22. The highest BCUT2D eigenvalue weighted by atomic mass is 16.5. The van der Waals surface area contributed by atoms with Crippen LogP contribution in [0.4, 0.5) is 0 Å². The van der Waals surface area contributed by atoms with Gasteiger partial charge in [-0.1, -0.05) is 49.1 Å². The van der Waals surface area contributed by atoms with Gasteiger partial charge in [0.1, 0.15) is 5.75 Å². The Bertz CT molecular complexity index is 500.